The van der Waals surface area contributed by atoms with Crippen molar-refractivity contribution in [2.45, 2.75) is 19.8 Å². The molecular weight excluding hydrogens is 383 g/mol. The van der Waals surface area contributed by atoms with E-state index in [1.807, 2.05) is 24.3 Å². The van der Waals surface area contributed by atoms with Gasteiger partial charge in [0.2, 0.25) is 0 Å². The van der Waals surface area contributed by atoms with Crippen molar-refractivity contribution in [1.82, 2.24) is 5.43 Å². The normalized spacial score (nSPS) is 11.1. The Morgan fingerprint density at radius 2 is 1.76 bits per heavy atom. The number of amides is 1. The van der Waals surface area contributed by atoms with Crippen LogP contribution in [-0.2, 0) is 4.79 Å². The smallest absolute Gasteiger partial charge is 0.277 e. The highest BCUT2D eigenvalue weighted by Crippen LogP contribution is 2.33. The zero-order valence-electron chi connectivity index (χ0n) is 13.7. The largest absolute Gasteiger partial charge is 0.482 e. The van der Waals surface area contributed by atoms with Crippen LogP contribution in [0.5, 0.6) is 5.75 Å². The van der Waals surface area contributed by atoms with Gasteiger partial charge in [0.15, 0.2) is 6.61 Å². The van der Waals surface area contributed by atoms with Gasteiger partial charge in [-0.05, 0) is 23.1 Å². The van der Waals surface area contributed by atoms with Crippen molar-refractivity contribution in [2.75, 3.05) is 6.61 Å². The van der Waals surface area contributed by atoms with Gasteiger partial charge in [0, 0.05) is 6.07 Å². The van der Waals surface area contributed by atoms with E-state index >= 15 is 0 Å². The third kappa shape index (κ3) is 5.92. The molecule has 2 rings (SSSR count). The molecule has 7 heteroatoms. The number of nitrogens with zero attached hydrogens (tertiary/aromatic N) is 1. The first-order chi connectivity index (χ1) is 11.9. The lowest BCUT2D eigenvalue weighted by molar-refractivity contribution is -0.123. The molecule has 1 N–H and O–H groups in total. The first-order valence-corrected chi connectivity index (χ1v) is 8.69. The highest BCUT2D eigenvalue weighted by atomic mass is 35.5. The second kappa shape index (κ2) is 9.09. The van der Waals surface area contributed by atoms with Crippen LogP contribution in [-0.4, -0.2) is 18.7 Å². The molecule has 0 unspecified atom stereocenters. The molecule has 4 nitrogen and oxygen atoms in total. The molecule has 1 amide bonds. The van der Waals surface area contributed by atoms with E-state index in [2.05, 4.69) is 24.4 Å². The summed E-state index contributed by atoms with van der Waals surface area (Å²) in [4.78, 5) is 11.8. The van der Waals surface area contributed by atoms with E-state index in [1.165, 1.54) is 17.7 Å². The molecule has 0 aliphatic carbocycles. The Hall–Kier alpha value is -1.75. The van der Waals surface area contributed by atoms with Crippen LogP contribution in [0.15, 0.2) is 41.5 Å². The lowest BCUT2D eigenvalue weighted by atomic mass is 10.0. The topological polar surface area (TPSA) is 50.7 Å². The number of halogens is 3. The highest BCUT2D eigenvalue weighted by Gasteiger charge is 2.09. The molecule has 0 spiro atoms. The van der Waals surface area contributed by atoms with Crippen molar-refractivity contribution >= 4 is 46.9 Å². The van der Waals surface area contributed by atoms with Gasteiger partial charge < -0.3 is 4.74 Å². The van der Waals surface area contributed by atoms with Crippen molar-refractivity contribution in [2.24, 2.45) is 5.10 Å². The molecular formula is C18H17Cl3N2O2. The number of ether oxygens (including phenoxy) is 1. The number of carbonyl (C=O) groups excluding carboxylic acids is 1. The van der Waals surface area contributed by atoms with Gasteiger partial charge in [-0.25, -0.2) is 5.43 Å². The molecule has 132 valence electrons. The Morgan fingerprint density at radius 1 is 1.12 bits per heavy atom. The fourth-order valence-corrected chi connectivity index (χ4v) is 2.53. The minimum absolute atomic E-state index is 0.249. The van der Waals surface area contributed by atoms with E-state index in [0.717, 1.165) is 5.56 Å². The zero-order chi connectivity index (χ0) is 18.4. The summed E-state index contributed by atoms with van der Waals surface area (Å²) in [7, 11) is 0. The predicted molar refractivity (Wildman–Crippen MR) is 103 cm³/mol. The van der Waals surface area contributed by atoms with Crippen molar-refractivity contribution in [1.29, 1.82) is 0 Å². The Labute approximate surface area is 161 Å². The Kier molecular flexibility index (Phi) is 7.12. The summed E-state index contributed by atoms with van der Waals surface area (Å²) >= 11 is 17.7. The second-order valence-corrected chi connectivity index (χ2v) is 6.82. The van der Waals surface area contributed by atoms with E-state index in [9.17, 15) is 4.79 Å². The predicted octanol–water partition coefficient (Wildman–Crippen LogP) is 5.30. The molecule has 0 aliphatic heterocycles. The average molecular weight is 400 g/mol. The molecule has 0 aromatic heterocycles. The maximum Gasteiger partial charge on any atom is 0.277 e. The summed E-state index contributed by atoms with van der Waals surface area (Å²) < 4.78 is 5.32. The summed E-state index contributed by atoms with van der Waals surface area (Å²) in [6.07, 6.45) is 1.56. The lowest BCUT2D eigenvalue weighted by Crippen LogP contribution is -2.24. The van der Waals surface area contributed by atoms with Crippen molar-refractivity contribution in [3.63, 3.8) is 0 Å². The Balaban J connectivity index is 1.85. The van der Waals surface area contributed by atoms with E-state index in [4.69, 9.17) is 39.5 Å². The fourth-order valence-electron chi connectivity index (χ4n) is 1.94. The van der Waals surface area contributed by atoms with Crippen molar-refractivity contribution in [3.05, 3.63) is 62.6 Å². The second-order valence-electron chi connectivity index (χ2n) is 5.60. The number of hydrogen-bond acceptors (Lipinski definition) is 3. The van der Waals surface area contributed by atoms with Crippen LogP contribution < -0.4 is 10.2 Å². The summed E-state index contributed by atoms with van der Waals surface area (Å²) in [6.45, 7) is 4.01. The summed E-state index contributed by atoms with van der Waals surface area (Å²) in [6, 6.07) is 10.9. The lowest BCUT2D eigenvalue weighted by Gasteiger charge is -2.08. The third-order valence-corrected chi connectivity index (χ3v) is 4.36. The Morgan fingerprint density at radius 3 is 2.40 bits per heavy atom. The number of benzene rings is 2. The van der Waals surface area contributed by atoms with Gasteiger partial charge >= 0.3 is 0 Å². The zero-order valence-corrected chi connectivity index (χ0v) is 16.0. The fraction of sp³-hybridized carbons (Fsp3) is 0.222. The number of nitrogens with one attached hydrogen (secondary N) is 1. The summed E-state index contributed by atoms with van der Waals surface area (Å²) in [5.74, 6) is 0.327. The highest BCUT2D eigenvalue weighted by molar-refractivity contribution is 6.43. The number of hydrogen-bond donors (Lipinski definition) is 1. The van der Waals surface area contributed by atoms with Gasteiger partial charge in [-0.2, -0.15) is 5.10 Å². The van der Waals surface area contributed by atoms with Crippen LogP contribution in [0, 0.1) is 0 Å². The Bertz CT molecular complexity index is 775. The van der Waals surface area contributed by atoms with Crippen LogP contribution >= 0.6 is 34.8 Å². The monoisotopic (exact) mass is 398 g/mol. The van der Waals surface area contributed by atoms with Crippen LogP contribution in [0.1, 0.15) is 30.9 Å². The van der Waals surface area contributed by atoms with Gasteiger partial charge in [0.1, 0.15) is 5.75 Å². The molecule has 0 aliphatic rings. The van der Waals surface area contributed by atoms with Crippen LogP contribution in [0.3, 0.4) is 0 Å². The molecule has 0 radical (unpaired) electrons. The van der Waals surface area contributed by atoms with Gasteiger partial charge in [0.25, 0.3) is 5.91 Å². The first kappa shape index (κ1) is 19.6. The molecule has 0 saturated heterocycles. The van der Waals surface area contributed by atoms with Gasteiger partial charge in [0.05, 0.1) is 21.3 Å². The van der Waals surface area contributed by atoms with E-state index < -0.39 is 5.91 Å². The molecule has 0 bridgehead atoms. The number of rotatable bonds is 6. The average Bonchev–Trinajstić information content (AvgIpc) is 2.57. The standard InChI is InChI=1S/C18H17Cl3N2O2/c1-11(2)13-5-3-12(4-6-13)9-22-23-18(24)10-25-17-8-15(20)14(19)7-16(17)21/h3-9,11H,10H2,1-2H3,(H,23,24). The maximum atomic E-state index is 11.8. The quantitative estimate of drug-likeness (QED) is 0.407. The van der Waals surface area contributed by atoms with Crippen LogP contribution in [0.2, 0.25) is 15.1 Å². The van der Waals surface area contributed by atoms with Gasteiger partial charge in [-0.3, -0.25) is 4.79 Å². The van der Waals surface area contributed by atoms with Crippen molar-refractivity contribution in [3.8, 4) is 5.75 Å². The number of carbonyl (C=O) groups is 1. The van der Waals surface area contributed by atoms with E-state index in [-0.39, 0.29) is 17.4 Å². The molecule has 25 heavy (non-hydrogen) atoms. The molecule has 0 atom stereocenters. The molecule has 0 fully saturated rings. The van der Waals surface area contributed by atoms with Crippen molar-refractivity contribution < 1.29 is 9.53 Å². The van der Waals surface area contributed by atoms with E-state index in [1.54, 1.807) is 6.21 Å². The summed E-state index contributed by atoms with van der Waals surface area (Å²) in [5, 5.41) is 4.78. The van der Waals surface area contributed by atoms with Gasteiger partial charge in [-0.1, -0.05) is 72.9 Å². The van der Waals surface area contributed by atoms with Crippen LogP contribution in [0.25, 0.3) is 0 Å². The van der Waals surface area contributed by atoms with Gasteiger partial charge in [-0.15, -0.1) is 0 Å². The van der Waals surface area contributed by atoms with E-state index in [0.29, 0.717) is 16.0 Å². The third-order valence-electron chi connectivity index (χ3n) is 3.34. The molecule has 0 heterocycles. The first-order valence-electron chi connectivity index (χ1n) is 7.56. The summed E-state index contributed by atoms with van der Waals surface area (Å²) in [5.41, 5.74) is 4.52. The van der Waals surface area contributed by atoms with Crippen LogP contribution in [0.4, 0.5) is 0 Å². The number of hydrazone groups is 1. The maximum absolute atomic E-state index is 11.8. The minimum atomic E-state index is -0.419. The SMILES string of the molecule is CC(C)c1ccc(C=NNC(=O)COc2cc(Cl)c(Cl)cc2Cl)cc1. The molecule has 2 aromatic rings. The molecule has 2 aromatic carbocycles. The minimum Gasteiger partial charge on any atom is -0.482 e. The molecule has 0 saturated carbocycles.